The lowest BCUT2D eigenvalue weighted by molar-refractivity contribution is -0.385. The highest BCUT2D eigenvalue weighted by atomic mass is 16.6. The second-order valence-corrected chi connectivity index (χ2v) is 5.50. The van der Waals surface area contributed by atoms with Gasteiger partial charge >= 0.3 is 11.2 Å². The van der Waals surface area contributed by atoms with Gasteiger partial charge in [0.05, 0.1) is 10.4 Å². The molecule has 0 spiro atoms. The van der Waals surface area contributed by atoms with E-state index < -0.39 is 10.5 Å². The van der Waals surface area contributed by atoms with Crippen molar-refractivity contribution in [2.75, 3.05) is 31.5 Å². The molecule has 0 aliphatic heterocycles. The summed E-state index contributed by atoms with van der Waals surface area (Å²) in [5, 5.41) is 15.3. The number of hydrogen-bond donors (Lipinski definition) is 1. The highest BCUT2D eigenvalue weighted by Crippen LogP contribution is 2.29. The largest absolute Gasteiger partial charge is 0.377 e. The minimum Gasteiger partial charge on any atom is -0.377 e. The molecule has 7 heteroatoms. The fourth-order valence-electron chi connectivity index (χ4n) is 2.93. The van der Waals surface area contributed by atoms with Gasteiger partial charge in [0.2, 0.25) is 0 Å². The summed E-state index contributed by atoms with van der Waals surface area (Å²) in [7, 11) is 0. The van der Waals surface area contributed by atoms with Crippen molar-refractivity contribution in [2.45, 2.75) is 27.3 Å². The smallest absolute Gasteiger partial charge is 0.357 e. The number of fused-ring (bicyclic) bond motifs is 1. The maximum Gasteiger partial charge on any atom is 0.357 e. The van der Waals surface area contributed by atoms with Crippen LogP contribution in [0.4, 0.5) is 11.4 Å². The summed E-state index contributed by atoms with van der Waals surface area (Å²) < 4.78 is 1.45. The van der Waals surface area contributed by atoms with Crippen LogP contribution < -0.4 is 10.9 Å². The van der Waals surface area contributed by atoms with E-state index in [4.69, 9.17) is 0 Å². The summed E-state index contributed by atoms with van der Waals surface area (Å²) in [6.07, 6.45) is 0. The summed E-state index contributed by atoms with van der Waals surface area (Å²) in [6.45, 7) is 9.48. The molecule has 2 aromatic rings. The van der Waals surface area contributed by atoms with Crippen molar-refractivity contribution in [3.8, 4) is 0 Å². The van der Waals surface area contributed by atoms with Crippen molar-refractivity contribution in [3.05, 3.63) is 44.7 Å². The lowest BCUT2D eigenvalue weighted by atomic mass is 10.1. The first kappa shape index (κ1) is 17.9. The van der Waals surface area contributed by atoms with Gasteiger partial charge in [0, 0.05) is 25.0 Å². The number of para-hydroxylation sites is 1. The summed E-state index contributed by atoms with van der Waals surface area (Å²) in [5.74, 6) is 0. The number of likely N-dealkylation sites (N-methyl/N-ethyl adjacent to an activating group) is 1. The molecule has 0 fully saturated rings. The molecule has 130 valence electrons. The lowest BCUT2D eigenvalue weighted by Crippen LogP contribution is -2.30. The van der Waals surface area contributed by atoms with Crippen molar-refractivity contribution >= 4 is 22.3 Å². The highest BCUT2D eigenvalue weighted by Gasteiger charge is 2.25. The highest BCUT2D eigenvalue weighted by molar-refractivity contribution is 5.96. The molecule has 0 saturated heterocycles. The molecule has 7 nitrogen and oxygen atoms in total. The van der Waals surface area contributed by atoms with Crippen LogP contribution in [0.15, 0.2) is 29.1 Å². The lowest BCUT2D eigenvalue weighted by Gasteiger charge is -2.19. The van der Waals surface area contributed by atoms with E-state index in [1.807, 2.05) is 31.2 Å². The SMILES string of the molecule is CCN(CC)CCNc1c([N+](=O)[O-])c(=O)n(CC)c2ccccc12. The van der Waals surface area contributed by atoms with Crippen molar-refractivity contribution in [2.24, 2.45) is 0 Å². The van der Waals surface area contributed by atoms with Crippen LogP contribution in [-0.2, 0) is 6.54 Å². The van der Waals surface area contributed by atoms with Gasteiger partial charge in [-0.15, -0.1) is 0 Å². The van der Waals surface area contributed by atoms with Gasteiger partial charge in [-0.25, -0.2) is 0 Å². The van der Waals surface area contributed by atoms with E-state index in [0.717, 1.165) is 19.6 Å². The number of hydrogen-bond acceptors (Lipinski definition) is 5. The fourth-order valence-corrected chi connectivity index (χ4v) is 2.93. The summed E-state index contributed by atoms with van der Waals surface area (Å²) in [6, 6.07) is 7.29. The number of aromatic nitrogens is 1. The summed E-state index contributed by atoms with van der Waals surface area (Å²) in [4.78, 5) is 25.7. The number of aryl methyl sites for hydroxylation is 1. The second-order valence-electron chi connectivity index (χ2n) is 5.50. The third kappa shape index (κ3) is 3.41. The second kappa shape index (κ2) is 7.92. The van der Waals surface area contributed by atoms with Gasteiger partial charge in [0.15, 0.2) is 0 Å². The van der Waals surface area contributed by atoms with Crippen LogP contribution in [0.1, 0.15) is 20.8 Å². The zero-order chi connectivity index (χ0) is 17.7. The molecule has 0 atom stereocenters. The minimum atomic E-state index is -0.583. The number of rotatable bonds is 8. The van der Waals surface area contributed by atoms with E-state index in [0.29, 0.717) is 29.7 Å². The zero-order valence-corrected chi connectivity index (χ0v) is 14.4. The molecule has 0 unspecified atom stereocenters. The molecule has 0 aliphatic carbocycles. The van der Waals surface area contributed by atoms with Crippen LogP contribution in [0.25, 0.3) is 10.9 Å². The molecule has 1 heterocycles. The first-order valence-corrected chi connectivity index (χ1v) is 8.31. The molecule has 0 saturated carbocycles. The third-order valence-electron chi connectivity index (χ3n) is 4.27. The van der Waals surface area contributed by atoms with E-state index in [2.05, 4.69) is 24.1 Å². The standard InChI is InChI=1S/C17H24N4O3/c1-4-19(5-2)12-11-18-15-13-9-7-8-10-14(13)20(6-3)17(22)16(15)21(23)24/h7-10,18H,4-6,11-12H2,1-3H3. The average molecular weight is 332 g/mol. The number of nitro groups is 1. The first-order chi connectivity index (χ1) is 11.5. The Labute approximate surface area is 141 Å². The number of benzene rings is 1. The Hall–Kier alpha value is -2.41. The Morgan fingerprint density at radius 2 is 1.88 bits per heavy atom. The van der Waals surface area contributed by atoms with Crippen molar-refractivity contribution in [1.29, 1.82) is 0 Å². The molecule has 24 heavy (non-hydrogen) atoms. The predicted octanol–water partition coefficient (Wildman–Crippen LogP) is 2.68. The molecule has 0 amide bonds. The van der Waals surface area contributed by atoms with Gasteiger partial charge in [-0.05, 0) is 26.1 Å². The molecule has 1 aromatic heterocycles. The van der Waals surface area contributed by atoms with Gasteiger partial charge < -0.3 is 14.8 Å². The quantitative estimate of drug-likeness (QED) is 0.594. The van der Waals surface area contributed by atoms with E-state index in [1.165, 1.54) is 4.57 Å². The molecular weight excluding hydrogens is 308 g/mol. The molecular formula is C17H24N4O3. The van der Waals surface area contributed by atoms with Crippen molar-refractivity contribution < 1.29 is 4.92 Å². The predicted molar refractivity (Wildman–Crippen MR) is 96.8 cm³/mol. The van der Waals surface area contributed by atoms with Gasteiger partial charge in [-0.2, -0.15) is 0 Å². The zero-order valence-electron chi connectivity index (χ0n) is 14.4. The average Bonchev–Trinajstić information content (AvgIpc) is 2.58. The number of nitrogens with zero attached hydrogens (tertiary/aromatic N) is 3. The Bertz CT molecular complexity index is 781. The maximum absolute atomic E-state index is 12.6. The molecule has 2 rings (SSSR count). The van der Waals surface area contributed by atoms with Gasteiger partial charge in [-0.1, -0.05) is 32.0 Å². The Morgan fingerprint density at radius 3 is 2.46 bits per heavy atom. The van der Waals surface area contributed by atoms with Crippen LogP contribution in [0.2, 0.25) is 0 Å². The molecule has 0 bridgehead atoms. The third-order valence-corrected chi connectivity index (χ3v) is 4.27. The molecule has 0 aliphatic rings. The normalized spacial score (nSPS) is 11.2. The van der Waals surface area contributed by atoms with Gasteiger partial charge in [0.1, 0.15) is 5.69 Å². The van der Waals surface area contributed by atoms with E-state index in [1.54, 1.807) is 0 Å². The van der Waals surface area contributed by atoms with E-state index in [9.17, 15) is 14.9 Å². The Morgan fingerprint density at radius 1 is 1.21 bits per heavy atom. The van der Waals surface area contributed by atoms with Crippen LogP contribution >= 0.6 is 0 Å². The van der Waals surface area contributed by atoms with Crippen molar-refractivity contribution in [3.63, 3.8) is 0 Å². The molecule has 0 radical (unpaired) electrons. The first-order valence-electron chi connectivity index (χ1n) is 8.31. The summed E-state index contributed by atoms with van der Waals surface area (Å²) >= 11 is 0. The van der Waals surface area contributed by atoms with Crippen molar-refractivity contribution in [1.82, 2.24) is 9.47 Å². The Balaban J connectivity index is 2.52. The van der Waals surface area contributed by atoms with Crippen LogP contribution in [0, 0.1) is 10.1 Å². The fraction of sp³-hybridized carbons (Fsp3) is 0.471. The van der Waals surface area contributed by atoms with E-state index >= 15 is 0 Å². The van der Waals surface area contributed by atoms with Crippen LogP contribution in [0.5, 0.6) is 0 Å². The summed E-state index contributed by atoms with van der Waals surface area (Å²) in [5.41, 5.74) is 0.0834. The van der Waals surface area contributed by atoms with E-state index in [-0.39, 0.29) is 5.69 Å². The van der Waals surface area contributed by atoms with Crippen LogP contribution in [-0.4, -0.2) is 40.6 Å². The molecule has 1 N–H and O–H groups in total. The number of anilines is 1. The van der Waals surface area contributed by atoms with Gasteiger partial charge in [-0.3, -0.25) is 14.9 Å². The van der Waals surface area contributed by atoms with Gasteiger partial charge in [0.25, 0.3) is 0 Å². The molecule has 1 aromatic carbocycles. The number of nitrogens with one attached hydrogen (secondary N) is 1. The Kier molecular flexibility index (Phi) is 5.92. The monoisotopic (exact) mass is 332 g/mol. The minimum absolute atomic E-state index is 0.317. The van der Waals surface area contributed by atoms with Crippen LogP contribution in [0.3, 0.4) is 0 Å². The number of pyridine rings is 1. The topological polar surface area (TPSA) is 80.4 Å². The maximum atomic E-state index is 12.6.